The molecule has 0 spiro atoms. The van der Waals surface area contributed by atoms with E-state index in [1.165, 1.54) is 57.8 Å². The quantitative estimate of drug-likeness (QED) is 0.152. The Balaban J connectivity index is 0. The summed E-state index contributed by atoms with van der Waals surface area (Å²) in [6, 6.07) is 0. The fourth-order valence-corrected chi connectivity index (χ4v) is 2.32. The SMILES string of the molecule is CCCCCCCCCC(=O)OOCCCCCCCC.[SnH2]. The van der Waals surface area contributed by atoms with Crippen LogP contribution in [-0.2, 0) is 14.6 Å². The molecule has 22 heavy (non-hydrogen) atoms. The first-order chi connectivity index (χ1) is 10.3. The molecule has 0 aliphatic rings. The Morgan fingerprint density at radius 3 is 1.68 bits per heavy atom. The van der Waals surface area contributed by atoms with Crippen molar-refractivity contribution < 1.29 is 14.6 Å². The van der Waals surface area contributed by atoms with Crippen molar-refractivity contribution in [1.82, 2.24) is 0 Å². The second-order valence-electron chi connectivity index (χ2n) is 5.92. The molecule has 0 atom stereocenters. The molecule has 0 aromatic rings. The van der Waals surface area contributed by atoms with Gasteiger partial charge in [-0.2, -0.15) is 4.89 Å². The molecular weight excluding hydrogens is 383 g/mol. The fraction of sp³-hybridized carbons (Fsp3) is 0.944. The monoisotopic (exact) mass is 422 g/mol. The summed E-state index contributed by atoms with van der Waals surface area (Å²) >= 11 is 0. The molecule has 0 fully saturated rings. The Kier molecular flexibility index (Phi) is 23.6. The van der Waals surface area contributed by atoms with Gasteiger partial charge in [0.15, 0.2) is 0 Å². The van der Waals surface area contributed by atoms with E-state index in [-0.39, 0.29) is 29.9 Å². The zero-order valence-corrected chi connectivity index (χ0v) is 19.1. The van der Waals surface area contributed by atoms with Crippen LogP contribution in [-0.4, -0.2) is 36.5 Å². The summed E-state index contributed by atoms with van der Waals surface area (Å²) in [7, 11) is 0. The number of carbonyl (C=O) groups excluding carboxylic acids is 1. The van der Waals surface area contributed by atoms with Gasteiger partial charge in [-0.25, -0.2) is 4.79 Å². The molecule has 0 aliphatic carbocycles. The van der Waals surface area contributed by atoms with Crippen molar-refractivity contribution in [2.45, 2.75) is 104 Å². The summed E-state index contributed by atoms with van der Waals surface area (Å²) in [6.07, 6.45) is 16.3. The number of hydrogen-bond donors (Lipinski definition) is 0. The van der Waals surface area contributed by atoms with E-state index in [9.17, 15) is 4.79 Å². The average molecular weight is 421 g/mol. The molecule has 0 heterocycles. The van der Waals surface area contributed by atoms with Gasteiger partial charge in [-0.1, -0.05) is 84.5 Å². The summed E-state index contributed by atoms with van der Waals surface area (Å²) in [6.45, 7) is 4.98. The fourth-order valence-electron chi connectivity index (χ4n) is 2.32. The zero-order valence-electron chi connectivity index (χ0n) is 15.0. The van der Waals surface area contributed by atoms with Crippen LogP contribution < -0.4 is 0 Å². The molecule has 0 bridgehead atoms. The van der Waals surface area contributed by atoms with E-state index in [0.29, 0.717) is 13.0 Å². The van der Waals surface area contributed by atoms with Gasteiger partial charge in [0.1, 0.15) is 0 Å². The maximum atomic E-state index is 11.4. The van der Waals surface area contributed by atoms with Crippen molar-refractivity contribution in [3.05, 3.63) is 0 Å². The van der Waals surface area contributed by atoms with Crippen molar-refractivity contribution in [1.29, 1.82) is 0 Å². The third kappa shape index (κ3) is 20.2. The first kappa shape index (κ1) is 24.5. The molecule has 132 valence electrons. The number of carbonyl (C=O) groups is 1. The topological polar surface area (TPSA) is 35.5 Å². The van der Waals surface area contributed by atoms with Gasteiger partial charge in [0.2, 0.25) is 0 Å². The van der Waals surface area contributed by atoms with Crippen molar-refractivity contribution in [2.24, 2.45) is 0 Å². The van der Waals surface area contributed by atoms with E-state index in [2.05, 4.69) is 13.8 Å². The van der Waals surface area contributed by atoms with Crippen LogP contribution in [0.2, 0.25) is 0 Å². The summed E-state index contributed by atoms with van der Waals surface area (Å²) < 4.78 is 0. The first-order valence-corrected chi connectivity index (χ1v) is 9.13. The molecule has 0 amide bonds. The molecular formula is C18H38O3Sn. The maximum absolute atomic E-state index is 11.4. The third-order valence-corrected chi connectivity index (χ3v) is 3.72. The van der Waals surface area contributed by atoms with Crippen LogP contribution in [0.3, 0.4) is 0 Å². The Morgan fingerprint density at radius 2 is 1.14 bits per heavy atom. The second-order valence-corrected chi connectivity index (χ2v) is 5.92. The molecule has 0 rings (SSSR count). The molecule has 0 aliphatic heterocycles. The number of rotatable bonds is 16. The van der Waals surface area contributed by atoms with Crippen LogP contribution >= 0.6 is 0 Å². The van der Waals surface area contributed by atoms with Crippen molar-refractivity contribution in [3.63, 3.8) is 0 Å². The van der Waals surface area contributed by atoms with Crippen LogP contribution in [0, 0.1) is 0 Å². The van der Waals surface area contributed by atoms with Gasteiger partial charge in [-0.3, -0.25) is 4.89 Å². The second kappa shape index (κ2) is 21.2. The van der Waals surface area contributed by atoms with E-state index >= 15 is 0 Å². The zero-order chi connectivity index (χ0) is 15.6. The minimum absolute atomic E-state index is 0. The van der Waals surface area contributed by atoms with Gasteiger partial charge in [0.25, 0.3) is 0 Å². The molecule has 4 heteroatoms. The predicted octanol–water partition coefficient (Wildman–Crippen LogP) is 5.05. The van der Waals surface area contributed by atoms with Crippen LogP contribution in [0.15, 0.2) is 0 Å². The van der Waals surface area contributed by atoms with Crippen molar-refractivity contribution in [2.75, 3.05) is 6.61 Å². The molecule has 0 aromatic heterocycles. The van der Waals surface area contributed by atoms with E-state index in [1.807, 2.05) is 0 Å². The van der Waals surface area contributed by atoms with Crippen LogP contribution in [0.4, 0.5) is 0 Å². The molecule has 0 saturated carbocycles. The van der Waals surface area contributed by atoms with Crippen molar-refractivity contribution >= 4 is 29.9 Å². The van der Waals surface area contributed by atoms with Gasteiger partial charge < -0.3 is 0 Å². The molecule has 0 N–H and O–H groups in total. The summed E-state index contributed by atoms with van der Waals surface area (Å²) in [5.41, 5.74) is 0. The van der Waals surface area contributed by atoms with Crippen LogP contribution in [0.5, 0.6) is 0 Å². The van der Waals surface area contributed by atoms with E-state index in [4.69, 9.17) is 9.78 Å². The van der Waals surface area contributed by atoms with E-state index in [1.54, 1.807) is 0 Å². The van der Waals surface area contributed by atoms with Gasteiger partial charge in [-0.05, 0) is 12.8 Å². The summed E-state index contributed by atoms with van der Waals surface area (Å²) in [5.74, 6) is -0.213. The average Bonchev–Trinajstić information content (AvgIpc) is 2.49. The third-order valence-electron chi connectivity index (χ3n) is 3.72. The predicted molar refractivity (Wildman–Crippen MR) is 96.6 cm³/mol. The van der Waals surface area contributed by atoms with Gasteiger partial charge in [0, 0.05) is 6.42 Å². The molecule has 0 unspecified atom stereocenters. The summed E-state index contributed by atoms with van der Waals surface area (Å²) in [5, 5.41) is 0. The molecule has 3 nitrogen and oxygen atoms in total. The van der Waals surface area contributed by atoms with Gasteiger partial charge >= 0.3 is 29.9 Å². The number of unbranched alkanes of at least 4 members (excludes halogenated alkanes) is 11. The van der Waals surface area contributed by atoms with Crippen LogP contribution in [0.1, 0.15) is 104 Å². The molecule has 0 aromatic carbocycles. The van der Waals surface area contributed by atoms with E-state index in [0.717, 1.165) is 25.7 Å². The summed E-state index contributed by atoms with van der Waals surface area (Å²) in [4.78, 5) is 21.1. The van der Waals surface area contributed by atoms with Crippen LogP contribution in [0.25, 0.3) is 0 Å². The van der Waals surface area contributed by atoms with Gasteiger partial charge in [-0.15, -0.1) is 0 Å². The Morgan fingerprint density at radius 1 is 0.682 bits per heavy atom. The minimum atomic E-state index is -0.213. The Bertz CT molecular complexity index is 222. The molecule has 0 saturated heterocycles. The van der Waals surface area contributed by atoms with E-state index < -0.39 is 0 Å². The number of hydrogen-bond acceptors (Lipinski definition) is 3. The normalized spacial score (nSPS) is 10.3. The Hall–Kier alpha value is 0.229. The first-order valence-electron chi connectivity index (χ1n) is 9.13. The Labute approximate surface area is 154 Å². The molecule has 2 radical (unpaired) electrons. The standard InChI is InChI=1S/C18H36O3.Sn.2H/c1-3-5-7-9-11-12-14-16-18(19)21-20-17-15-13-10-8-6-4-2;;;/h3-17H2,1-2H3;;;. The van der Waals surface area contributed by atoms with Gasteiger partial charge in [0.05, 0.1) is 6.61 Å². The van der Waals surface area contributed by atoms with Crippen molar-refractivity contribution in [3.8, 4) is 0 Å².